The highest BCUT2D eigenvalue weighted by Crippen LogP contribution is 2.28. The number of rotatable bonds is 6. The molecule has 2 atom stereocenters. The molecule has 1 aromatic heterocycles. The number of nitrogens with zero attached hydrogens (tertiary/aromatic N) is 3. The summed E-state index contributed by atoms with van der Waals surface area (Å²) in [5, 5.41) is 7.94. The fourth-order valence-corrected chi connectivity index (χ4v) is 4.41. The summed E-state index contributed by atoms with van der Waals surface area (Å²) in [6, 6.07) is 0. The van der Waals surface area contributed by atoms with Crippen LogP contribution in [0.3, 0.4) is 0 Å². The number of aromatic nitrogens is 3. The van der Waals surface area contributed by atoms with E-state index in [2.05, 4.69) is 15.2 Å². The van der Waals surface area contributed by atoms with Crippen LogP contribution < -0.4 is 0 Å². The number of morpholine rings is 1. The highest BCUT2D eigenvalue weighted by molar-refractivity contribution is 7.99. The highest BCUT2D eigenvalue weighted by atomic mass is 32.2. The van der Waals surface area contributed by atoms with Crippen molar-refractivity contribution < 1.29 is 9.53 Å². The molecule has 1 aliphatic carbocycles. The molecule has 1 amide bonds. The van der Waals surface area contributed by atoms with Gasteiger partial charge in [-0.3, -0.25) is 9.89 Å². The number of carbonyl (C=O) groups is 1. The van der Waals surface area contributed by atoms with Gasteiger partial charge in [-0.05, 0) is 26.2 Å². The van der Waals surface area contributed by atoms with E-state index < -0.39 is 0 Å². The van der Waals surface area contributed by atoms with Crippen molar-refractivity contribution in [2.45, 2.75) is 69.7 Å². The lowest BCUT2D eigenvalue weighted by Crippen LogP contribution is -2.48. The van der Waals surface area contributed by atoms with Crippen molar-refractivity contribution in [3.05, 3.63) is 5.82 Å². The highest BCUT2D eigenvalue weighted by Gasteiger charge is 2.26. The van der Waals surface area contributed by atoms with Crippen LogP contribution in [0.25, 0.3) is 0 Å². The Labute approximate surface area is 148 Å². The summed E-state index contributed by atoms with van der Waals surface area (Å²) in [5.41, 5.74) is 0. The summed E-state index contributed by atoms with van der Waals surface area (Å²) in [4.78, 5) is 18.8. The third-order valence-electron chi connectivity index (χ3n) is 4.87. The molecule has 0 aromatic carbocycles. The maximum Gasteiger partial charge on any atom is 0.233 e. The van der Waals surface area contributed by atoms with Crippen LogP contribution in [0.15, 0.2) is 5.16 Å². The molecular weight excluding hydrogens is 324 g/mol. The monoisotopic (exact) mass is 352 g/mol. The second-order valence-electron chi connectivity index (χ2n) is 7.10. The zero-order valence-electron chi connectivity index (χ0n) is 14.7. The molecule has 3 rings (SSSR count). The van der Waals surface area contributed by atoms with E-state index in [9.17, 15) is 4.79 Å². The average Bonchev–Trinajstić information content (AvgIpc) is 3.21. The minimum atomic E-state index is 0.105. The average molecular weight is 353 g/mol. The van der Waals surface area contributed by atoms with Crippen LogP contribution in [0, 0.1) is 5.92 Å². The molecule has 1 N–H and O–H groups in total. The first-order valence-electron chi connectivity index (χ1n) is 9.07. The van der Waals surface area contributed by atoms with Gasteiger partial charge in [0.25, 0.3) is 0 Å². The quantitative estimate of drug-likeness (QED) is 0.797. The van der Waals surface area contributed by atoms with Crippen LogP contribution in [0.2, 0.25) is 0 Å². The Morgan fingerprint density at radius 3 is 2.71 bits per heavy atom. The first-order valence-corrected chi connectivity index (χ1v) is 10.1. The summed E-state index contributed by atoms with van der Waals surface area (Å²) >= 11 is 1.42. The summed E-state index contributed by atoms with van der Waals surface area (Å²) in [5.74, 6) is 2.34. The molecule has 1 saturated carbocycles. The molecule has 2 fully saturated rings. The Balaban J connectivity index is 1.42. The number of ether oxygens (including phenoxy) is 1. The number of carbonyl (C=O) groups excluding carboxylic acids is 1. The van der Waals surface area contributed by atoms with Crippen LogP contribution in [-0.2, 0) is 16.0 Å². The largest absolute Gasteiger partial charge is 0.372 e. The minimum absolute atomic E-state index is 0.105. The number of hydrogen-bond donors (Lipinski definition) is 1. The third-order valence-corrected chi connectivity index (χ3v) is 5.70. The molecule has 134 valence electrons. The van der Waals surface area contributed by atoms with Gasteiger partial charge in [0.1, 0.15) is 5.82 Å². The number of hydrogen-bond acceptors (Lipinski definition) is 5. The predicted molar refractivity (Wildman–Crippen MR) is 94.0 cm³/mol. The molecule has 24 heavy (non-hydrogen) atoms. The van der Waals surface area contributed by atoms with Crippen LogP contribution >= 0.6 is 11.8 Å². The molecule has 7 heteroatoms. The van der Waals surface area contributed by atoms with E-state index >= 15 is 0 Å². The first-order chi connectivity index (χ1) is 11.6. The number of aromatic amines is 1. The van der Waals surface area contributed by atoms with Gasteiger partial charge in [-0.25, -0.2) is 4.98 Å². The van der Waals surface area contributed by atoms with Gasteiger partial charge in [0.05, 0.1) is 18.0 Å². The molecule has 2 unspecified atom stereocenters. The number of H-pyrrole nitrogens is 1. The molecule has 0 bridgehead atoms. The fourth-order valence-electron chi connectivity index (χ4n) is 3.69. The zero-order chi connectivity index (χ0) is 16.9. The zero-order valence-corrected chi connectivity index (χ0v) is 15.5. The number of amides is 1. The van der Waals surface area contributed by atoms with Crippen molar-refractivity contribution in [3.63, 3.8) is 0 Å². The molecule has 0 radical (unpaired) electrons. The van der Waals surface area contributed by atoms with Crippen LogP contribution in [0.1, 0.15) is 51.8 Å². The van der Waals surface area contributed by atoms with Gasteiger partial charge in [0.15, 0.2) is 0 Å². The Bertz CT molecular complexity index is 534. The Hall–Kier alpha value is -1.08. The molecule has 0 spiro atoms. The van der Waals surface area contributed by atoms with Crippen LogP contribution in [0.5, 0.6) is 0 Å². The maximum absolute atomic E-state index is 12.4. The minimum Gasteiger partial charge on any atom is -0.372 e. The van der Waals surface area contributed by atoms with Crippen molar-refractivity contribution in [2.24, 2.45) is 5.92 Å². The van der Waals surface area contributed by atoms with Crippen molar-refractivity contribution in [3.8, 4) is 0 Å². The molecule has 1 saturated heterocycles. The van der Waals surface area contributed by atoms with Gasteiger partial charge in [0, 0.05) is 19.5 Å². The van der Waals surface area contributed by atoms with Crippen molar-refractivity contribution in [2.75, 3.05) is 18.8 Å². The summed E-state index contributed by atoms with van der Waals surface area (Å²) in [7, 11) is 0. The van der Waals surface area contributed by atoms with E-state index in [1.165, 1.54) is 43.9 Å². The van der Waals surface area contributed by atoms with Gasteiger partial charge in [0.2, 0.25) is 11.1 Å². The second kappa shape index (κ2) is 8.34. The number of thioether (sulfide) groups is 1. The van der Waals surface area contributed by atoms with Crippen LogP contribution in [-0.4, -0.2) is 57.0 Å². The Morgan fingerprint density at radius 1 is 1.29 bits per heavy atom. The predicted octanol–water partition coefficient (Wildman–Crippen LogP) is 2.66. The van der Waals surface area contributed by atoms with Gasteiger partial charge >= 0.3 is 0 Å². The van der Waals surface area contributed by atoms with E-state index in [1.54, 1.807) is 0 Å². The lowest BCUT2D eigenvalue weighted by Gasteiger charge is -2.35. The smallest absolute Gasteiger partial charge is 0.233 e. The molecule has 2 heterocycles. The normalized spacial score (nSPS) is 25.3. The summed E-state index contributed by atoms with van der Waals surface area (Å²) in [6.45, 7) is 5.36. The lowest BCUT2D eigenvalue weighted by molar-refractivity contribution is -0.140. The summed E-state index contributed by atoms with van der Waals surface area (Å²) < 4.78 is 5.67. The van der Waals surface area contributed by atoms with E-state index in [0.29, 0.717) is 24.0 Å². The van der Waals surface area contributed by atoms with Gasteiger partial charge < -0.3 is 9.64 Å². The maximum atomic E-state index is 12.4. The SMILES string of the molecule is CC1CN(C(=O)CSc2n[nH]c(CCC3CCCC3)n2)CC(C)O1. The Kier molecular flexibility index (Phi) is 6.16. The first kappa shape index (κ1) is 17.7. The van der Waals surface area contributed by atoms with E-state index in [0.717, 1.165) is 18.2 Å². The van der Waals surface area contributed by atoms with Gasteiger partial charge in [-0.1, -0.05) is 37.4 Å². The lowest BCUT2D eigenvalue weighted by atomic mass is 10.0. The van der Waals surface area contributed by atoms with Gasteiger partial charge in [-0.15, -0.1) is 5.10 Å². The van der Waals surface area contributed by atoms with Crippen LogP contribution in [0.4, 0.5) is 0 Å². The number of nitrogens with one attached hydrogen (secondary N) is 1. The van der Waals surface area contributed by atoms with E-state index in [4.69, 9.17) is 4.74 Å². The molecular formula is C17H28N4O2S. The fraction of sp³-hybridized carbons (Fsp3) is 0.824. The molecule has 6 nitrogen and oxygen atoms in total. The Morgan fingerprint density at radius 2 is 2.00 bits per heavy atom. The standard InChI is InChI=1S/C17H28N4O2S/c1-12-9-21(10-13(2)23-12)16(22)11-24-17-18-15(19-20-17)8-7-14-5-3-4-6-14/h12-14H,3-11H2,1-2H3,(H,18,19,20). The van der Waals surface area contributed by atoms with Gasteiger partial charge in [-0.2, -0.15) is 0 Å². The summed E-state index contributed by atoms with van der Waals surface area (Å²) in [6.07, 6.45) is 7.85. The molecule has 2 aliphatic rings. The second-order valence-corrected chi connectivity index (χ2v) is 8.04. The van der Waals surface area contributed by atoms with Crippen molar-refractivity contribution in [1.29, 1.82) is 0 Å². The van der Waals surface area contributed by atoms with Crippen molar-refractivity contribution >= 4 is 17.7 Å². The topological polar surface area (TPSA) is 71.1 Å². The van der Waals surface area contributed by atoms with Crippen molar-refractivity contribution in [1.82, 2.24) is 20.1 Å². The third kappa shape index (κ3) is 4.96. The van der Waals surface area contributed by atoms with E-state index in [1.807, 2.05) is 18.7 Å². The number of aryl methyl sites for hydroxylation is 1. The molecule has 1 aromatic rings. The van der Waals surface area contributed by atoms with E-state index in [-0.39, 0.29) is 18.1 Å². The molecule has 1 aliphatic heterocycles.